The third kappa shape index (κ3) is 56.0. The fraction of sp³-hybridized carbons (Fsp3) is 1.00. The van der Waals surface area contributed by atoms with Crippen LogP contribution in [0.2, 0.25) is 0 Å². The van der Waals surface area contributed by atoms with Crippen LogP contribution in [-0.2, 0) is 0 Å². The quantitative estimate of drug-likeness (QED) is 0.0533. The third-order valence-electron chi connectivity index (χ3n) is 27.5. The standard InChI is InChI=1S/C60H120.C41H82/c1-6-11-16-21-26-31-36-41-46-51-58-52-57-59(53-47-42-37-32-27-22-17-12-7-2,54-48-43-38-33-28-23-18-13-8-3)60(58,55-49-44-39-34-29-24-19-14-9-4)56-50-45-40-35-30-25-20-15-10-5;1-4-7-10-13-16-19-22-25-28-31-35-40-36-34-39-41(40,37-32-29-26-23-20-17-14-11-8-5-2)38-33-30-27-24-21-18-15-12-9-6-3/h58H,6-57H2,1-5H3;40H,4-39H2,1-3H3. The van der Waals surface area contributed by atoms with Crippen molar-refractivity contribution in [2.75, 3.05) is 0 Å². The number of unbranched alkanes of at least 4 members (excludes halogenated alkanes) is 67. The molecule has 2 atom stereocenters. The molecule has 0 saturated heterocycles. The molecular weight excluding hydrogens is 1210 g/mol. The SMILES string of the molecule is CCCCCCCCCCCC1CCC(CCCCCCCCCCC)(CCCCCCCCCCC)C1(CCCCCCCCCCC)CCCCCCCCCCC.CCCCCCCCCCCCC1CCCC1(CCCCCCCCCCCC)CCCCCCCCCCCC. The van der Waals surface area contributed by atoms with Gasteiger partial charge in [-0.05, 0) is 105 Å². The van der Waals surface area contributed by atoms with Crippen molar-refractivity contribution in [3.63, 3.8) is 0 Å². The van der Waals surface area contributed by atoms with E-state index in [4.69, 9.17) is 0 Å². The molecule has 0 aromatic heterocycles. The Morgan fingerprint density at radius 1 is 0.168 bits per heavy atom. The lowest BCUT2D eigenvalue weighted by Crippen LogP contribution is -2.42. The topological polar surface area (TPSA) is 0 Å². The summed E-state index contributed by atoms with van der Waals surface area (Å²) in [5, 5.41) is 0. The second-order valence-corrected chi connectivity index (χ2v) is 36.4. The Morgan fingerprint density at radius 3 is 0.594 bits per heavy atom. The van der Waals surface area contributed by atoms with Gasteiger partial charge in [0.25, 0.3) is 0 Å². The molecule has 2 aliphatic carbocycles. The highest BCUT2D eigenvalue weighted by Gasteiger charge is 2.57. The first-order chi connectivity index (χ1) is 49.9. The molecule has 0 heteroatoms. The van der Waals surface area contributed by atoms with Crippen molar-refractivity contribution >= 4 is 0 Å². The summed E-state index contributed by atoms with van der Waals surface area (Å²) in [5.41, 5.74) is 2.01. The Kier molecular flexibility index (Phi) is 76.6. The van der Waals surface area contributed by atoms with Gasteiger partial charge in [-0.1, -0.05) is 543 Å². The maximum Gasteiger partial charge on any atom is -0.0213 e. The maximum absolute atomic E-state index is 2.36. The van der Waals surface area contributed by atoms with E-state index >= 15 is 0 Å². The lowest BCUT2D eigenvalue weighted by Gasteiger charge is -2.51. The molecule has 0 nitrogen and oxygen atoms in total. The van der Waals surface area contributed by atoms with Gasteiger partial charge in [-0.3, -0.25) is 0 Å². The summed E-state index contributed by atoms with van der Waals surface area (Å²) < 4.78 is 0. The second kappa shape index (κ2) is 78.1. The highest BCUT2D eigenvalue weighted by molar-refractivity contribution is 5.07. The average Bonchev–Trinajstić information content (AvgIpc) is 1.60. The molecule has 2 saturated carbocycles. The van der Waals surface area contributed by atoms with Crippen molar-refractivity contribution in [2.45, 2.75) is 620 Å². The van der Waals surface area contributed by atoms with E-state index in [1.165, 1.54) is 488 Å². The van der Waals surface area contributed by atoms with Gasteiger partial charge in [-0.25, -0.2) is 0 Å². The molecule has 0 aliphatic heterocycles. The van der Waals surface area contributed by atoms with E-state index in [1.807, 2.05) is 0 Å². The zero-order valence-electron chi connectivity index (χ0n) is 72.9. The Hall–Kier alpha value is 0. The van der Waals surface area contributed by atoms with Gasteiger partial charge in [0.15, 0.2) is 0 Å². The molecule has 0 amide bonds. The predicted octanol–water partition coefficient (Wildman–Crippen LogP) is 38.7. The highest BCUT2D eigenvalue weighted by atomic mass is 14.6. The molecule has 0 spiro atoms. The van der Waals surface area contributed by atoms with Crippen molar-refractivity contribution < 1.29 is 0 Å². The Labute approximate surface area is 644 Å². The van der Waals surface area contributed by atoms with Crippen LogP contribution in [0.1, 0.15) is 620 Å². The lowest BCUT2D eigenvalue weighted by atomic mass is 9.53. The highest BCUT2D eigenvalue weighted by Crippen LogP contribution is 2.67. The molecule has 0 heterocycles. The summed E-state index contributed by atoms with van der Waals surface area (Å²) in [6.07, 6.45) is 132. The smallest absolute Gasteiger partial charge is 0.0213 e. The summed E-state index contributed by atoms with van der Waals surface area (Å²) in [6.45, 7) is 18.8. The van der Waals surface area contributed by atoms with Gasteiger partial charge in [0.2, 0.25) is 0 Å². The monoisotopic (exact) mass is 1420 g/mol. The van der Waals surface area contributed by atoms with E-state index in [2.05, 4.69) is 55.4 Å². The summed E-state index contributed by atoms with van der Waals surface area (Å²) >= 11 is 0. The first-order valence-electron chi connectivity index (χ1n) is 49.9. The molecule has 2 fully saturated rings. The normalized spacial score (nSPS) is 16.3. The molecule has 0 aromatic rings. The molecule has 0 aromatic carbocycles. The van der Waals surface area contributed by atoms with E-state index in [0.717, 1.165) is 17.3 Å². The Morgan fingerprint density at radius 2 is 0.356 bits per heavy atom. The van der Waals surface area contributed by atoms with Gasteiger partial charge in [0.1, 0.15) is 0 Å². The van der Waals surface area contributed by atoms with E-state index in [0.29, 0.717) is 10.8 Å². The average molecular weight is 1420 g/mol. The predicted molar refractivity (Wildman–Crippen MR) is 466 cm³/mol. The minimum atomic E-state index is 0.635. The van der Waals surface area contributed by atoms with Gasteiger partial charge in [-0.15, -0.1) is 0 Å². The van der Waals surface area contributed by atoms with Crippen LogP contribution < -0.4 is 0 Å². The molecule has 0 radical (unpaired) electrons. The lowest BCUT2D eigenvalue weighted by molar-refractivity contribution is -0.0152. The van der Waals surface area contributed by atoms with Crippen LogP contribution in [0.5, 0.6) is 0 Å². The molecule has 101 heavy (non-hydrogen) atoms. The largest absolute Gasteiger partial charge is 0.0654 e. The molecule has 2 aliphatic rings. The Bertz CT molecular complexity index is 1450. The van der Waals surface area contributed by atoms with Crippen molar-refractivity contribution in [1.82, 2.24) is 0 Å². The van der Waals surface area contributed by atoms with Crippen LogP contribution in [0.3, 0.4) is 0 Å². The number of hydrogen-bond donors (Lipinski definition) is 0. The van der Waals surface area contributed by atoms with Crippen molar-refractivity contribution in [3.05, 3.63) is 0 Å². The molecule has 606 valence electrons. The van der Waals surface area contributed by atoms with E-state index in [1.54, 1.807) is 77.0 Å². The third-order valence-corrected chi connectivity index (χ3v) is 27.5. The van der Waals surface area contributed by atoms with Gasteiger partial charge in [0.05, 0.1) is 0 Å². The van der Waals surface area contributed by atoms with Crippen molar-refractivity contribution in [1.29, 1.82) is 0 Å². The maximum atomic E-state index is 2.36. The summed E-state index contributed by atoms with van der Waals surface area (Å²) in [7, 11) is 0. The van der Waals surface area contributed by atoms with Crippen LogP contribution in [0.25, 0.3) is 0 Å². The van der Waals surface area contributed by atoms with Gasteiger partial charge in [0, 0.05) is 0 Å². The molecule has 0 bridgehead atoms. The fourth-order valence-corrected chi connectivity index (χ4v) is 20.8. The van der Waals surface area contributed by atoms with Crippen LogP contribution in [0.15, 0.2) is 0 Å². The van der Waals surface area contributed by atoms with E-state index in [-0.39, 0.29) is 0 Å². The van der Waals surface area contributed by atoms with Crippen molar-refractivity contribution in [3.8, 4) is 0 Å². The molecular formula is C101H202. The van der Waals surface area contributed by atoms with E-state index < -0.39 is 0 Å². The van der Waals surface area contributed by atoms with E-state index in [9.17, 15) is 0 Å². The first kappa shape index (κ1) is 99.0. The molecule has 2 unspecified atom stereocenters. The second-order valence-electron chi connectivity index (χ2n) is 36.4. The van der Waals surface area contributed by atoms with Crippen molar-refractivity contribution in [2.24, 2.45) is 28.1 Å². The van der Waals surface area contributed by atoms with Crippen LogP contribution in [-0.4, -0.2) is 0 Å². The van der Waals surface area contributed by atoms with Crippen LogP contribution >= 0.6 is 0 Å². The van der Waals surface area contributed by atoms with Crippen LogP contribution in [0, 0.1) is 28.1 Å². The molecule has 0 N–H and O–H groups in total. The summed E-state index contributed by atoms with van der Waals surface area (Å²) in [4.78, 5) is 0. The minimum Gasteiger partial charge on any atom is -0.0654 e. The zero-order valence-corrected chi connectivity index (χ0v) is 72.9. The van der Waals surface area contributed by atoms with Gasteiger partial charge in [-0.2, -0.15) is 0 Å². The minimum absolute atomic E-state index is 0.635. The Balaban J connectivity index is 0.00000108. The molecule has 2 rings (SSSR count). The number of hydrogen-bond acceptors (Lipinski definition) is 0. The number of rotatable bonds is 83. The zero-order chi connectivity index (χ0) is 72.9. The van der Waals surface area contributed by atoms with Gasteiger partial charge < -0.3 is 0 Å². The first-order valence-corrected chi connectivity index (χ1v) is 49.9. The fourth-order valence-electron chi connectivity index (χ4n) is 20.8. The summed E-state index contributed by atoms with van der Waals surface area (Å²) in [5.74, 6) is 2.08. The summed E-state index contributed by atoms with van der Waals surface area (Å²) in [6, 6.07) is 0. The van der Waals surface area contributed by atoms with Crippen LogP contribution in [0.4, 0.5) is 0 Å². The van der Waals surface area contributed by atoms with Gasteiger partial charge >= 0.3 is 0 Å².